The number of pyridine rings is 1. The number of carbonyl (C=O) groups excluding carboxylic acids is 1. The number of rotatable bonds is 8. The molecule has 0 saturated carbocycles. The molecule has 2 aromatic heterocycles. The van der Waals surface area contributed by atoms with Crippen LogP contribution in [0.3, 0.4) is 0 Å². The van der Waals surface area contributed by atoms with Crippen molar-refractivity contribution in [1.29, 1.82) is 5.26 Å². The van der Waals surface area contributed by atoms with E-state index in [0.717, 1.165) is 24.2 Å². The molecule has 0 aliphatic heterocycles. The fourth-order valence-corrected chi connectivity index (χ4v) is 3.18. The standard InChI is InChI=1S/C23H21F4N5O2/c1-22(2,21(33)31-17-9-6-14(12-28)19(20(17)24)23(25,26)27)32-16-8-7-15(30-13-16)4-3-5-18-29-10-11-34-18/h6-11,13,32H,3-5H2,1-2H3,(H,31,33). The maximum absolute atomic E-state index is 14.5. The number of oxazole rings is 1. The van der Waals surface area contributed by atoms with Crippen LogP contribution in [0.4, 0.5) is 28.9 Å². The minimum atomic E-state index is -5.09. The molecule has 0 aliphatic rings. The summed E-state index contributed by atoms with van der Waals surface area (Å²) < 4.78 is 59.2. The van der Waals surface area contributed by atoms with Gasteiger partial charge in [0.05, 0.1) is 35.4 Å². The Balaban J connectivity index is 1.65. The lowest BCUT2D eigenvalue weighted by Gasteiger charge is -2.26. The number of anilines is 2. The predicted molar refractivity (Wildman–Crippen MR) is 115 cm³/mol. The maximum Gasteiger partial charge on any atom is 0.420 e. The second-order valence-corrected chi connectivity index (χ2v) is 7.98. The summed E-state index contributed by atoms with van der Waals surface area (Å²) in [4.78, 5) is 21.1. The van der Waals surface area contributed by atoms with Crippen LogP contribution in [-0.2, 0) is 23.8 Å². The van der Waals surface area contributed by atoms with Crippen molar-refractivity contribution in [1.82, 2.24) is 9.97 Å². The van der Waals surface area contributed by atoms with Crippen LogP contribution in [0.2, 0.25) is 0 Å². The molecule has 0 radical (unpaired) electrons. The monoisotopic (exact) mass is 475 g/mol. The minimum Gasteiger partial charge on any atom is -0.449 e. The number of aromatic nitrogens is 2. The molecule has 0 spiro atoms. The largest absolute Gasteiger partial charge is 0.449 e. The van der Waals surface area contributed by atoms with Crippen LogP contribution in [-0.4, -0.2) is 21.4 Å². The molecule has 7 nitrogen and oxygen atoms in total. The van der Waals surface area contributed by atoms with Gasteiger partial charge in [0, 0.05) is 12.1 Å². The molecule has 1 amide bonds. The molecule has 2 N–H and O–H groups in total. The number of nitrogens with one attached hydrogen (secondary N) is 2. The molecule has 1 aromatic carbocycles. The molecular formula is C23H21F4N5O2. The number of carbonyl (C=O) groups is 1. The van der Waals surface area contributed by atoms with E-state index < -0.39 is 40.3 Å². The Hall–Kier alpha value is -3.94. The van der Waals surface area contributed by atoms with Gasteiger partial charge in [-0.05, 0) is 51.0 Å². The molecule has 3 rings (SSSR count). The Kier molecular flexibility index (Phi) is 7.20. The molecule has 0 atom stereocenters. The van der Waals surface area contributed by atoms with Crippen molar-refractivity contribution >= 4 is 17.3 Å². The second kappa shape index (κ2) is 9.91. The van der Waals surface area contributed by atoms with Crippen molar-refractivity contribution in [3.63, 3.8) is 0 Å². The minimum absolute atomic E-state index is 0.493. The fourth-order valence-electron chi connectivity index (χ4n) is 3.18. The molecule has 178 valence electrons. The second-order valence-electron chi connectivity index (χ2n) is 7.98. The highest BCUT2D eigenvalue weighted by Gasteiger charge is 2.39. The molecular weight excluding hydrogens is 454 g/mol. The van der Waals surface area contributed by atoms with Gasteiger partial charge in [-0.2, -0.15) is 18.4 Å². The SMILES string of the molecule is CC(C)(Nc1ccc(CCCc2ncco2)nc1)C(=O)Nc1ccc(C#N)c(C(F)(F)F)c1F. The number of nitrogens with zero attached hydrogens (tertiary/aromatic N) is 3. The summed E-state index contributed by atoms with van der Waals surface area (Å²) in [5.74, 6) is -1.85. The van der Waals surface area contributed by atoms with Crippen molar-refractivity contribution in [3.05, 3.63) is 71.5 Å². The Morgan fingerprint density at radius 3 is 2.50 bits per heavy atom. The lowest BCUT2D eigenvalue weighted by molar-refractivity contribution is -0.140. The first-order valence-electron chi connectivity index (χ1n) is 10.2. The highest BCUT2D eigenvalue weighted by molar-refractivity contribution is 5.99. The van der Waals surface area contributed by atoms with Gasteiger partial charge < -0.3 is 15.1 Å². The number of benzene rings is 1. The van der Waals surface area contributed by atoms with E-state index in [1.807, 2.05) is 0 Å². The summed E-state index contributed by atoms with van der Waals surface area (Å²) in [6.45, 7) is 2.97. The quantitative estimate of drug-likeness (QED) is 0.439. The van der Waals surface area contributed by atoms with E-state index in [1.54, 1.807) is 18.3 Å². The zero-order valence-corrected chi connectivity index (χ0v) is 18.3. The van der Waals surface area contributed by atoms with Crippen LogP contribution in [0.15, 0.2) is 47.3 Å². The van der Waals surface area contributed by atoms with Crippen LogP contribution < -0.4 is 10.6 Å². The van der Waals surface area contributed by atoms with E-state index in [4.69, 9.17) is 9.68 Å². The molecule has 11 heteroatoms. The number of amides is 1. The summed E-state index contributed by atoms with van der Waals surface area (Å²) in [6.07, 6.45) is 1.67. The molecule has 0 unspecified atom stereocenters. The van der Waals surface area contributed by atoms with E-state index in [2.05, 4.69) is 20.6 Å². The van der Waals surface area contributed by atoms with Crippen molar-refractivity contribution < 1.29 is 26.8 Å². The van der Waals surface area contributed by atoms with Crippen LogP contribution in [0.25, 0.3) is 0 Å². The number of halogens is 4. The van der Waals surface area contributed by atoms with E-state index >= 15 is 0 Å². The molecule has 0 fully saturated rings. The van der Waals surface area contributed by atoms with Gasteiger partial charge in [0.1, 0.15) is 17.4 Å². The third kappa shape index (κ3) is 5.89. The first-order chi connectivity index (χ1) is 16.0. The average Bonchev–Trinajstić information content (AvgIpc) is 3.28. The number of hydrogen-bond acceptors (Lipinski definition) is 6. The summed E-state index contributed by atoms with van der Waals surface area (Å²) in [6, 6.07) is 6.54. The summed E-state index contributed by atoms with van der Waals surface area (Å²) in [5.41, 5.74) is -3.28. The topological polar surface area (TPSA) is 104 Å². The summed E-state index contributed by atoms with van der Waals surface area (Å²) >= 11 is 0. The normalized spacial score (nSPS) is 11.7. The molecule has 0 saturated heterocycles. The summed E-state index contributed by atoms with van der Waals surface area (Å²) in [7, 11) is 0. The van der Waals surface area contributed by atoms with Gasteiger partial charge in [-0.15, -0.1) is 0 Å². The van der Waals surface area contributed by atoms with Crippen molar-refractivity contribution in [2.24, 2.45) is 0 Å². The van der Waals surface area contributed by atoms with Gasteiger partial charge in [0.15, 0.2) is 11.7 Å². The molecule has 0 aliphatic carbocycles. The van der Waals surface area contributed by atoms with Gasteiger partial charge in [0.25, 0.3) is 0 Å². The summed E-state index contributed by atoms with van der Waals surface area (Å²) in [5, 5.41) is 14.0. The smallest absolute Gasteiger partial charge is 0.420 e. The first kappa shape index (κ1) is 24.7. The van der Waals surface area contributed by atoms with Crippen molar-refractivity contribution in [2.75, 3.05) is 10.6 Å². The Morgan fingerprint density at radius 2 is 1.91 bits per heavy atom. The van der Waals surface area contributed by atoms with Gasteiger partial charge in [0.2, 0.25) is 5.91 Å². The van der Waals surface area contributed by atoms with Gasteiger partial charge >= 0.3 is 6.18 Å². The zero-order valence-electron chi connectivity index (χ0n) is 18.3. The lowest BCUT2D eigenvalue weighted by Crippen LogP contribution is -2.44. The maximum atomic E-state index is 14.5. The molecule has 34 heavy (non-hydrogen) atoms. The van der Waals surface area contributed by atoms with Gasteiger partial charge in [-0.3, -0.25) is 9.78 Å². The third-order valence-corrected chi connectivity index (χ3v) is 4.95. The number of hydrogen-bond donors (Lipinski definition) is 2. The third-order valence-electron chi connectivity index (χ3n) is 4.95. The first-order valence-corrected chi connectivity index (χ1v) is 10.2. The highest BCUT2D eigenvalue weighted by atomic mass is 19.4. The van der Waals surface area contributed by atoms with Gasteiger partial charge in [-0.25, -0.2) is 9.37 Å². The van der Waals surface area contributed by atoms with Crippen LogP contribution in [0.1, 0.15) is 43.0 Å². The Bertz CT molecular complexity index is 1180. The number of aryl methyl sites for hydroxylation is 2. The number of nitriles is 1. The van der Waals surface area contributed by atoms with E-state index in [9.17, 15) is 22.4 Å². The van der Waals surface area contributed by atoms with Crippen LogP contribution in [0.5, 0.6) is 0 Å². The highest BCUT2D eigenvalue weighted by Crippen LogP contribution is 2.36. The Morgan fingerprint density at radius 1 is 1.15 bits per heavy atom. The molecule has 0 bridgehead atoms. The predicted octanol–water partition coefficient (Wildman–Crippen LogP) is 5.10. The van der Waals surface area contributed by atoms with E-state index in [0.29, 0.717) is 24.4 Å². The number of alkyl halides is 3. The van der Waals surface area contributed by atoms with Crippen LogP contribution >= 0.6 is 0 Å². The van der Waals surface area contributed by atoms with Crippen molar-refractivity contribution in [3.8, 4) is 6.07 Å². The lowest BCUT2D eigenvalue weighted by atomic mass is 10.0. The van der Waals surface area contributed by atoms with Crippen molar-refractivity contribution in [2.45, 2.75) is 44.8 Å². The van der Waals surface area contributed by atoms with E-state index in [1.165, 1.54) is 32.4 Å². The Labute approximate surface area is 192 Å². The molecule has 2 heterocycles. The zero-order chi connectivity index (χ0) is 24.9. The van der Waals surface area contributed by atoms with E-state index in [-0.39, 0.29) is 0 Å². The van der Waals surface area contributed by atoms with Gasteiger partial charge in [-0.1, -0.05) is 0 Å². The fraction of sp³-hybridized carbons (Fsp3) is 0.304. The average molecular weight is 475 g/mol. The molecule has 3 aromatic rings. The van der Waals surface area contributed by atoms with Crippen LogP contribution in [0, 0.1) is 17.1 Å².